The summed E-state index contributed by atoms with van der Waals surface area (Å²) in [7, 11) is -5.79. The Morgan fingerprint density at radius 1 is 1.00 bits per heavy atom. The monoisotopic (exact) mass is 317 g/mol. The molecule has 0 radical (unpaired) electrons. The van der Waals surface area contributed by atoms with Crippen LogP contribution in [0.1, 0.15) is 45.4 Å². The van der Waals surface area contributed by atoms with Gasteiger partial charge in [-0.15, -0.1) is 0 Å². The van der Waals surface area contributed by atoms with Gasteiger partial charge in [0.05, 0.1) is 6.61 Å². The first kappa shape index (κ1) is 19.0. The van der Waals surface area contributed by atoms with E-state index in [9.17, 15) is 13.0 Å². The van der Waals surface area contributed by atoms with E-state index in [-0.39, 0.29) is 6.61 Å². The summed E-state index contributed by atoms with van der Waals surface area (Å²) in [5.74, 6) is 0. The smallest absolute Gasteiger partial charge is 0.299 e. The van der Waals surface area contributed by atoms with E-state index >= 15 is 0 Å². The molecule has 0 unspecified atom stereocenters. The predicted octanol–water partition coefficient (Wildman–Crippen LogP) is 2.60. The molecule has 9 heteroatoms. The van der Waals surface area contributed by atoms with Gasteiger partial charge in [-0.1, -0.05) is 43.5 Å². The SMILES string of the molecule is CCCCCCCCOS(=O)(=O)NP(=O)(OC)OC. The first-order valence-corrected chi connectivity index (χ1v) is 9.24. The molecule has 116 valence electrons. The van der Waals surface area contributed by atoms with E-state index in [1.54, 1.807) is 4.49 Å². The fourth-order valence-corrected chi connectivity index (χ4v) is 3.75. The van der Waals surface area contributed by atoms with Crippen LogP contribution in [0.2, 0.25) is 0 Å². The molecule has 0 saturated heterocycles. The molecular weight excluding hydrogens is 293 g/mol. The van der Waals surface area contributed by atoms with E-state index in [2.05, 4.69) is 20.2 Å². The molecule has 0 amide bonds. The first-order chi connectivity index (χ1) is 8.89. The second-order valence-corrected chi connectivity index (χ2v) is 7.60. The van der Waals surface area contributed by atoms with Gasteiger partial charge >= 0.3 is 18.1 Å². The third kappa shape index (κ3) is 9.54. The molecule has 0 saturated carbocycles. The van der Waals surface area contributed by atoms with Gasteiger partial charge in [0.2, 0.25) is 0 Å². The van der Waals surface area contributed by atoms with Crippen LogP contribution in [0.15, 0.2) is 0 Å². The summed E-state index contributed by atoms with van der Waals surface area (Å²) in [4.78, 5) is 0. The molecule has 19 heavy (non-hydrogen) atoms. The molecule has 0 atom stereocenters. The summed E-state index contributed by atoms with van der Waals surface area (Å²) in [5, 5.41) is 0. The highest BCUT2D eigenvalue weighted by Gasteiger charge is 2.29. The van der Waals surface area contributed by atoms with Crippen LogP contribution in [-0.2, 0) is 28.1 Å². The normalized spacial score (nSPS) is 12.8. The summed E-state index contributed by atoms with van der Waals surface area (Å²) in [6.45, 7) is 2.18. The molecule has 0 bridgehead atoms. The second-order valence-electron chi connectivity index (χ2n) is 4.00. The lowest BCUT2D eigenvalue weighted by Gasteiger charge is -2.14. The van der Waals surface area contributed by atoms with Crippen LogP contribution in [0.25, 0.3) is 0 Å². The Hall–Kier alpha value is 0.0200. The van der Waals surface area contributed by atoms with Gasteiger partial charge in [-0.2, -0.15) is 8.42 Å². The predicted molar refractivity (Wildman–Crippen MR) is 73.0 cm³/mol. The third-order valence-corrected chi connectivity index (χ3v) is 5.67. The highest BCUT2D eigenvalue weighted by molar-refractivity contribution is 7.90. The zero-order valence-corrected chi connectivity index (χ0v) is 13.5. The molecule has 0 aromatic carbocycles. The lowest BCUT2D eigenvalue weighted by molar-refractivity contribution is 0.263. The number of hydrogen-bond donors (Lipinski definition) is 1. The van der Waals surface area contributed by atoms with Crippen LogP contribution >= 0.6 is 7.75 Å². The van der Waals surface area contributed by atoms with E-state index in [4.69, 9.17) is 0 Å². The van der Waals surface area contributed by atoms with Crippen molar-refractivity contribution in [3.8, 4) is 0 Å². The Morgan fingerprint density at radius 2 is 1.53 bits per heavy atom. The van der Waals surface area contributed by atoms with Gasteiger partial charge in [0.25, 0.3) is 0 Å². The van der Waals surface area contributed by atoms with Crippen molar-refractivity contribution < 1.29 is 26.2 Å². The Morgan fingerprint density at radius 3 is 2.05 bits per heavy atom. The Kier molecular flexibility index (Phi) is 9.86. The van der Waals surface area contributed by atoms with E-state index in [0.29, 0.717) is 6.42 Å². The van der Waals surface area contributed by atoms with Crippen molar-refractivity contribution in [1.82, 2.24) is 4.49 Å². The van der Waals surface area contributed by atoms with Crippen LogP contribution in [-0.4, -0.2) is 29.2 Å². The Balaban J connectivity index is 3.89. The fraction of sp³-hybridized carbons (Fsp3) is 1.00. The van der Waals surface area contributed by atoms with E-state index in [0.717, 1.165) is 39.9 Å². The van der Waals surface area contributed by atoms with Crippen LogP contribution in [0, 0.1) is 0 Å². The number of rotatable bonds is 12. The maximum atomic E-state index is 11.6. The van der Waals surface area contributed by atoms with Gasteiger partial charge in [-0.25, -0.2) is 4.57 Å². The minimum Gasteiger partial charge on any atom is -0.299 e. The van der Waals surface area contributed by atoms with Crippen molar-refractivity contribution >= 4 is 18.1 Å². The second kappa shape index (κ2) is 9.85. The quantitative estimate of drug-likeness (QED) is 0.439. The fourth-order valence-electron chi connectivity index (χ4n) is 1.36. The van der Waals surface area contributed by atoms with Crippen molar-refractivity contribution in [1.29, 1.82) is 0 Å². The topological polar surface area (TPSA) is 90.9 Å². The van der Waals surface area contributed by atoms with Crippen LogP contribution in [0.4, 0.5) is 0 Å². The molecule has 0 fully saturated rings. The lowest BCUT2D eigenvalue weighted by atomic mass is 10.1. The Bertz CT molecular complexity index is 364. The van der Waals surface area contributed by atoms with Crippen molar-refractivity contribution in [3.63, 3.8) is 0 Å². The average Bonchev–Trinajstić information content (AvgIpc) is 2.37. The molecule has 0 aromatic heterocycles. The molecule has 7 nitrogen and oxygen atoms in total. The average molecular weight is 317 g/mol. The summed E-state index contributed by atoms with van der Waals surface area (Å²) in [5.41, 5.74) is 0. The van der Waals surface area contributed by atoms with E-state index in [1.807, 2.05) is 0 Å². The molecule has 1 N–H and O–H groups in total. The minimum atomic E-state index is -4.12. The van der Waals surface area contributed by atoms with Gasteiger partial charge in [0.15, 0.2) is 0 Å². The summed E-state index contributed by atoms with van der Waals surface area (Å²) >= 11 is 0. The molecule has 0 aliphatic carbocycles. The number of nitrogens with one attached hydrogen (secondary N) is 1. The third-order valence-electron chi connectivity index (χ3n) is 2.44. The van der Waals surface area contributed by atoms with Gasteiger partial charge in [0.1, 0.15) is 0 Å². The number of unbranched alkanes of at least 4 members (excludes halogenated alkanes) is 5. The van der Waals surface area contributed by atoms with Crippen LogP contribution in [0.5, 0.6) is 0 Å². The first-order valence-electron chi connectivity index (χ1n) is 6.29. The molecule has 0 heterocycles. The maximum Gasteiger partial charge on any atom is 0.420 e. The molecule has 0 aliphatic rings. The molecule has 0 spiro atoms. The van der Waals surface area contributed by atoms with Crippen molar-refractivity contribution in [2.24, 2.45) is 0 Å². The number of hydrogen-bond acceptors (Lipinski definition) is 6. The van der Waals surface area contributed by atoms with E-state index < -0.39 is 18.1 Å². The minimum absolute atomic E-state index is 0.0505. The summed E-state index contributed by atoms with van der Waals surface area (Å²) in [6.07, 6.45) is 6.09. The highest BCUT2D eigenvalue weighted by Crippen LogP contribution is 2.42. The highest BCUT2D eigenvalue weighted by atomic mass is 32.2. The molecular formula is C10H24NO6PS. The van der Waals surface area contributed by atoms with Gasteiger partial charge in [-0.3, -0.25) is 13.2 Å². The van der Waals surface area contributed by atoms with Gasteiger partial charge in [0, 0.05) is 14.2 Å². The van der Waals surface area contributed by atoms with E-state index in [1.165, 1.54) is 6.42 Å². The van der Waals surface area contributed by atoms with Gasteiger partial charge in [-0.05, 0) is 6.42 Å². The molecule has 0 rings (SSSR count). The van der Waals surface area contributed by atoms with Crippen molar-refractivity contribution in [2.45, 2.75) is 45.4 Å². The van der Waals surface area contributed by atoms with Crippen molar-refractivity contribution in [3.05, 3.63) is 0 Å². The van der Waals surface area contributed by atoms with Crippen LogP contribution in [0.3, 0.4) is 0 Å². The maximum absolute atomic E-state index is 11.6. The Labute approximate surface area is 115 Å². The molecule has 0 aromatic rings. The van der Waals surface area contributed by atoms with Crippen molar-refractivity contribution in [2.75, 3.05) is 20.8 Å². The molecule has 0 aliphatic heterocycles. The standard InChI is InChI=1S/C10H24NO6PS/c1-4-5-6-7-8-9-10-17-19(13,14)11-18(12,15-2)16-3/h4-10H2,1-3H3,(H,11,12). The summed E-state index contributed by atoms with van der Waals surface area (Å²) in [6, 6.07) is 0. The largest absolute Gasteiger partial charge is 0.420 e. The van der Waals surface area contributed by atoms with Gasteiger partial charge < -0.3 is 0 Å². The zero-order valence-electron chi connectivity index (χ0n) is 11.8. The lowest BCUT2D eigenvalue weighted by Crippen LogP contribution is -2.24. The summed E-state index contributed by atoms with van der Waals surface area (Å²) < 4.78 is 49.7. The zero-order chi connectivity index (χ0) is 14.8. The van der Waals surface area contributed by atoms with Crippen LogP contribution < -0.4 is 4.49 Å².